The van der Waals surface area contributed by atoms with Crippen molar-refractivity contribution in [3.8, 4) is 5.69 Å². The SMILES string of the molecule is CCOC(=O)Cc1c(C(=O)c2ccccc2)sc(SC(c2ccccc2)c2ccccc2)c1-[n+]1ccc(C)cc1.[Br-]. The number of thiophene rings is 1. The van der Waals surface area contributed by atoms with Crippen molar-refractivity contribution in [3.05, 3.63) is 148 Å². The Hall–Kier alpha value is -3.52. The van der Waals surface area contributed by atoms with Gasteiger partial charge in [-0.1, -0.05) is 103 Å². The van der Waals surface area contributed by atoms with E-state index in [4.69, 9.17) is 4.74 Å². The summed E-state index contributed by atoms with van der Waals surface area (Å²) in [4.78, 5) is 27.4. The summed E-state index contributed by atoms with van der Waals surface area (Å²) < 4.78 is 8.35. The van der Waals surface area contributed by atoms with Gasteiger partial charge < -0.3 is 21.7 Å². The van der Waals surface area contributed by atoms with Gasteiger partial charge in [-0.2, -0.15) is 4.57 Å². The number of hydrogen-bond acceptors (Lipinski definition) is 5. The summed E-state index contributed by atoms with van der Waals surface area (Å²) >= 11 is 3.15. The first-order chi connectivity index (χ1) is 19.5. The molecule has 208 valence electrons. The van der Waals surface area contributed by atoms with Crippen molar-refractivity contribution in [3.63, 3.8) is 0 Å². The number of ether oxygens (including phenoxy) is 1. The number of ketones is 1. The van der Waals surface area contributed by atoms with Gasteiger partial charge in [-0.05, 0) is 30.5 Å². The molecule has 0 aliphatic carbocycles. The Balaban J connectivity index is 0.00000387. The average Bonchev–Trinajstić information content (AvgIpc) is 3.34. The standard InChI is InChI=1S/C34H30NO3S2.BrH/c1-3-38-29(36)23-28-30(35-21-19-24(2)20-22-35)34(40-33(28)31(37)25-13-7-4-8-14-25)39-32(26-15-9-5-10-16-26)27-17-11-6-12-18-27;/h4-22,32H,3,23H2,1-2H3;1H/q+1;/p-1. The third-order valence-electron chi connectivity index (χ3n) is 6.50. The second-order valence-electron chi connectivity index (χ2n) is 9.32. The van der Waals surface area contributed by atoms with Crippen LogP contribution >= 0.6 is 23.1 Å². The van der Waals surface area contributed by atoms with Crippen LogP contribution < -0.4 is 21.5 Å². The predicted octanol–water partition coefficient (Wildman–Crippen LogP) is 4.56. The van der Waals surface area contributed by atoms with Crippen LogP contribution in [0.15, 0.2) is 120 Å². The van der Waals surface area contributed by atoms with Crippen LogP contribution in [-0.2, 0) is 16.0 Å². The molecule has 0 bridgehead atoms. The molecule has 7 heteroatoms. The van der Waals surface area contributed by atoms with E-state index in [-0.39, 0.29) is 47.0 Å². The number of pyridine rings is 1. The summed E-state index contributed by atoms with van der Waals surface area (Å²) in [6.45, 7) is 4.12. The minimum absolute atomic E-state index is 0. The number of aryl methyl sites for hydroxylation is 1. The molecule has 0 atom stereocenters. The molecular weight excluding hydrogens is 614 g/mol. The highest BCUT2D eigenvalue weighted by molar-refractivity contribution is 8.01. The summed E-state index contributed by atoms with van der Waals surface area (Å²) in [7, 11) is 0. The third kappa shape index (κ3) is 7.22. The minimum Gasteiger partial charge on any atom is -1.00 e. The van der Waals surface area contributed by atoms with Crippen molar-refractivity contribution in [2.75, 3.05) is 6.61 Å². The van der Waals surface area contributed by atoms with Crippen LogP contribution in [0.1, 0.15) is 49.7 Å². The van der Waals surface area contributed by atoms with Crippen molar-refractivity contribution in [1.82, 2.24) is 0 Å². The van der Waals surface area contributed by atoms with Crippen molar-refractivity contribution < 1.29 is 35.9 Å². The Morgan fingerprint density at radius 3 is 1.90 bits per heavy atom. The van der Waals surface area contributed by atoms with Gasteiger partial charge in [-0.15, -0.1) is 11.3 Å². The first-order valence-corrected chi connectivity index (χ1v) is 14.9. The van der Waals surface area contributed by atoms with Gasteiger partial charge in [0.25, 0.3) is 0 Å². The number of esters is 1. The van der Waals surface area contributed by atoms with E-state index in [1.165, 1.54) is 11.3 Å². The topological polar surface area (TPSA) is 47.3 Å². The molecule has 0 N–H and O–H groups in total. The molecule has 0 spiro atoms. The van der Waals surface area contributed by atoms with Gasteiger partial charge in [0.05, 0.1) is 28.7 Å². The lowest BCUT2D eigenvalue weighted by Gasteiger charge is -2.17. The highest BCUT2D eigenvalue weighted by Gasteiger charge is 2.33. The second-order valence-corrected chi connectivity index (χ2v) is 11.7. The zero-order valence-corrected chi connectivity index (χ0v) is 26.0. The number of thioether (sulfide) groups is 1. The Morgan fingerprint density at radius 2 is 1.37 bits per heavy atom. The molecule has 4 nitrogen and oxygen atoms in total. The van der Waals surface area contributed by atoms with E-state index < -0.39 is 0 Å². The van der Waals surface area contributed by atoms with Gasteiger partial charge >= 0.3 is 5.97 Å². The quantitative estimate of drug-likeness (QED) is 0.0969. The van der Waals surface area contributed by atoms with E-state index in [0.29, 0.717) is 16.0 Å². The molecule has 0 unspecified atom stereocenters. The Kier molecular flexibility index (Phi) is 10.7. The smallest absolute Gasteiger partial charge is 0.310 e. The lowest BCUT2D eigenvalue weighted by molar-refractivity contribution is -0.598. The van der Waals surface area contributed by atoms with Crippen molar-refractivity contribution in [1.29, 1.82) is 0 Å². The van der Waals surface area contributed by atoms with Crippen molar-refractivity contribution >= 4 is 34.9 Å². The van der Waals surface area contributed by atoms with Gasteiger partial charge in [0, 0.05) is 17.7 Å². The summed E-state index contributed by atoms with van der Waals surface area (Å²) in [6, 6.07) is 34.1. The lowest BCUT2D eigenvalue weighted by Crippen LogP contribution is -3.00. The molecule has 0 saturated carbocycles. The summed E-state index contributed by atoms with van der Waals surface area (Å²) in [5.41, 5.74) is 5.57. The fraction of sp³-hybridized carbons (Fsp3) is 0.147. The van der Waals surface area contributed by atoms with Crippen LogP contribution in [0.4, 0.5) is 0 Å². The van der Waals surface area contributed by atoms with Crippen LogP contribution in [0.2, 0.25) is 0 Å². The van der Waals surface area contributed by atoms with Gasteiger partial charge in [0.1, 0.15) is 4.21 Å². The van der Waals surface area contributed by atoms with Crippen molar-refractivity contribution in [2.24, 2.45) is 0 Å². The number of carbonyl (C=O) groups is 2. The van der Waals surface area contributed by atoms with Crippen LogP contribution in [0.3, 0.4) is 0 Å². The monoisotopic (exact) mass is 643 g/mol. The average molecular weight is 645 g/mol. The fourth-order valence-corrected chi connectivity index (χ4v) is 7.43. The zero-order valence-electron chi connectivity index (χ0n) is 22.8. The van der Waals surface area contributed by atoms with Gasteiger partial charge in [-0.25, -0.2) is 0 Å². The molecule has 0 fully saturated rings. The van der Waals surface area contributed by atoms with Crippen LogP contribution in [0.5, 0.6) is 0 Å². The van der Waals surface area contributed by atoms with E-state index in [2.05, 4.69) is 24.3 Å². The molecular formula is C34H30BrNO3S2. The Morgan fingerprint density at radius 1 is 0.829 bits per heavy atom. The maximum Gasteiger partial charge on any atom is 0.310 e. The number of nitrogens with zero attached hydrogens (tertiary/aromatic N) is 1. The van der Waals surface area contributed by atoms with Gasteiger partial charge in [0.15, 0.2) is 12.4 Å². The molecule has 0 amide bonds. The number of benzene rings is 3. The molecule has 3 aromatic carbocycles. The van der Waals surface area contributed by atoms with Crippen LogP contribution in [0, 0.1) is 6.92 Å². The molecule has 41 heavy (non-hydrogen) atoms. The van der Waals surface area contributed by atoms with E-state index in [9.17, 15) is 9.59 Å². The first kappa shape index (κ1) is 30.4. The molecule has 0 aliphatic rings. The summed E-state index contributed by atoms with van der Waals surface area (Å²) in [5, 5.41) is -0.0130. The largest absolute Gasteiger partial charge is 1.00 e. The highest BCUT2D eigenvalue weighted by atomic mass is 79.9. The number of hydrogen-bond donors (Lipinski definition) is 0. The number of rotatable bonds is 10. The summed E-state index contributed by atoms with van der Waals surface area (Å²) in [6.07, 6.45) is 4.00. The molecule has 2 aromatic heterocycles. The molecule has 5 rings (SSSR count). The molecule has 0 saturated heterocycles. The fourth-order valence-electron chi connectivity index (χ4n) is 4.54. The summed E-state index contributed by atoms with van der Waals surface area (Å²) in [5.74, 6) is -0.447. The van der Waals surface area contributed by atoms with Gasteiger partial charge in [0.2, 0.25) is 11.5 Å². The van der Waals surface area contributed by atoms with Gasteiger partial charge in [-0.3, -0.25) is 9.59 Å². The first-order valence-electron chi connectivity index (χ1n) is 13.2. The zero-order chi connectivity index (χ0) is 27.9. The van der Waals surface area contributed by atoms with E-state index >= 15 is 0 Å². The van der Waals surface area contributed by atoms with E-state index in [0.717, 1.165) is 26.6 Å². The Labute approximate surface area is 259 Å². The maximum atomic E-state index is 13.9. The molecule has 5 aromatic rings. The lowest BCUT2D eigenvalue weighted by atomic mass is 10.0. The Bertz CT molecular complexity index is 1550. The van der Waals surface area contributed by atoms with Crippen LogP contribution in [-0.4, -0.2) is 18.4 Å². The maximum absolute atomic E-state index is 13.9. The molecule has 0 radical (unpaired) electrons. The number of halogens is 1. The number of aromatic nitrogens is 1. The predicted molar refractivity (Wildman–Crippen MR) is 161 cm³/mol. The molecule has 2 heterocycles. The van der Waals surface area contributed by atoms with Crippen molar-refractivity contribution in [2.45, 2.75) is 29.7 Å². The third-order valence-corrected chi connectivity index (χ3v) is 9.24. The van der Waals surface area contributed by atoms with E-state index in [1.807, 2.05) is 103 Å². The van der Waals surface area contributed by atoms with E-state index in [1.54, 1.807) is 18.7 Å². The molecule has 0 aliphatic heterocycles. The minimum atomic E-state index is -0.351. The highest BCUT2D eigenvalue weighted by Crippen LogP contribution is 2.47. The van der Waals surface area contributed by atoms with Crippen LogP contribution in [0.25, 0.3) is 5.69 Å². The second kappa shape index (κ2) is 14.4. The number of carbonyl (C=O) groups excluding carboxylic acids is 2. The normalized spacial score (nSPS) is 10.7.